The van der Waals surface area contributed by atoms with Crippen LogP contribution < -0.4 is 0 Å². The number of benzene rings is 8. The summed E-state index contributed by atoms with van der Waals surface area (Å²) in [6.45, 7) is 8.70. The predicted molar refractivity (Wildman–Crippen MR) is 228 cm³/mol. The molecule has 0 unspecified atom stereocenters. The molecule has 0 amide bonds. The summed E-state index contributed by atoms with van der Waals surface area (Å²) < 4.78 is 13.7. The molecule has 4 aromatic heterocycles. The Morgan fingerprint density at radius 1 is 0.446 bits per heavy atom. The van der Waals surface area contributed by atoms with Crippen molar-refractivity contribution in [3.05, 3.63) is 181 Å². The van der Waals surface area contributed by atoms with Gasteiger partial charge in [0.25, 0.3) is 0 Å². The first-order valence-electron chi connectivity index (χ1n) is 18.5. The molecule has 0 atom stereocenters. The molecule has 0 bridgehead atoms. The van der Waals surface area contributed by atoms with Crippen LogP contribution in [0.3, 0.4) is 0 Å². The standard InChI is InChI=1S/C50H27N5O/c1-52-48-44(54-38-19-9-5-15-32(38)33-16-6-10-20-39(33)54)27-30(29-51)28-45(48)55-41-22-12-8-18-37(41)47-43(55)26-24-35-34-23-25-42-46(49(34)56-50(35)47)36-17-7-11-21-40(36)53(42)31-13-3-2-4-14-31/h2-28H. The minimum atomic E-state index is 0.457. The number of hydrogen-bond acceptors (Lipinski definition) is 2. The van der Waals surface area contributed by atoms with Gasteiger partial charge in [-0.3, -0.25) is 0 Å². The Labute approximate surface area is 319 Å². The highest BCUT2D eigenvalue weighted by atomic mass is 16.3. The van der Waals surface area contributed by atoms with Crippen LogP contribution in [0.1, 0.15) is 5.56 Å². The number of nitriles is 1. The first-order chi connectivity index (χ1) is 27.7. The molecule has 12 aromatic rings. The van der Waals surface area contributed by atoms with Crippen molar-refractivity contribution in [2.24, 2.45) is 0 Å². The van der Waals surface area contributed by atoms with Gasteiger partial charge in [0.15, 0.2) is 0 Å². The lowest BCUT2D eigenvalue weighted by Crippen LogP contribution is -2.01. The lowest BCUT2D eigenvalue weighted by atomic mass is 10.1. The van der Waals surface area contributed by atoms with Gasteiger partial charge in [0.2, 0.25) is 5.69 Å². The third kappa shape index (κ3) is 3.92. The Morgan fingerprint density at radius 3 is 1.39 bits per heavy atom. The van der Waals surface area contributed by atoms with Crippen LogP contribution in [0.2, 0.25) is 0 Å². The molecule has 0 saturated carbocycles. The number of para-hydroxylation sites is 5. The van der Waals surface area contributed by atoms with E-state index in [0.717, 1.165) is 93.0 Å². The summed E-state index contributed by atoms with van der Waals surface area (Å²) in [6, 6.07) is 58.5. The Balaban J connectivity index is 1.19. The second-order valence-electron chi connectivity index (χ2n) is 14.3. The predicted octanol–water partition coefficient (Wildman–Crippen LogP) is 13.3. The van der Waals surface area contributed by atoms with Crippen LogP contribution in [0.25, 0.3) is 109 Å². The molecular formula is C50H27N5O. The van der Waals surface area contributed by atoms with Gasteiger partial charge in [-0.2, -0.15) is 5.26 Å². The Kier molecular flexibility index (Phi) is 6.10. The molecule has 6 heteroatoms. The number of aromatic nitrogens is 3. The van der Waals surface area contributed by atoms with Gasteiger partial charge in [0.05, 0.1) is 73.5 Å². The van der Waals surface area contributed by atoms with Crippen LogP contribution in [0.15, 0.2) is 168 Å². The summed E-state index contributed by atoms with van der Waals surface area (Å²) in [5, 5.41) is 18.9. The second-order valence-corrected chi connectivity index (χ2v) is 14.3. The average Bonchev–Trinajstić information content (AvgIpc) is 3.99. The topological polar surface area (TPSA) is 56.1 Å². The minimum absolute atomic E-state index is 0.457. The molecule has 12 rings (SSSR count). The zero-order chi connectivity index (χ0) is 37.1. The fraction of sp³-hybridized carbons (Fsp3) is 0. The molecule has 0 saturated heterocycles. The van der Waals surface area contributed by atoms with Gasteiger partial charge in [-0.25, -0.2) is 4.85 Å². The summed E-state index contributed by atoms with van der Waals surface area (Å²) in [5.74, 6) is 0. The maximum Gasteiger partial charge on any atom is 0.234 e. The molecule has 0 aliphatic heterocycles. The summed E-state index contributed by atoms with van der Waals surface area (Å²) in [6.07, 6.45) is 0. The molecule has 0 radical (unpaired) electrons. The summed E-state index contributed by atoms with van der Waals surface area (Å²) >= 11 is 0. The Hall–Kier alpha value is -8.06. The zero-order valence-electron chi connectivity index (χ0n) is 29.7. The van der Waals surface area contributed by atoms with E-state index in [4.69, 9.17) is 11.0 Å². The van der Waals surface area contributed by atoms with Crippen LogP contribution in [0.4, 0.5) is 5.69 Å². The van der Waals surface area contributed by atoms with Crippen LogP contribution in [0, 0.1) is 17.9 Å². The SMILES string of the molecule is [C-]#[N+]c1c(-n2c3ccccc3c3ccccc32)cc(C#N)cc1-n1c2ccccc2c2c3oc4c(ccc5c4c4ccccc4n5-c4ccccc4)c3ccc21. The van der Waals surface area contributed by atoms with Gasteiger partial charge in [0.1, 0.15) is 11.2 Å². The van der Waals surface area contributed by atoms with Gasteiger partial charge < -0.3 is 18.1 Å². The average molecular weight is 714 g/mol. The van der Waals surface area contributed by atoms with Crippen LogP contribution in [0.5, 0.6) is 0 Å². The third-order valence-corrected chi connectivity index (χ3v) is 11.5. The van der Waals surface area contributed by atoms with Crippen molar-refractivity contribution in [1.29, 1.82) is 5.26 Å². The van der Waals surface area contributed by atoms with Crippen molar-refractivity contribution >= 4 is 93.0 Å². The highest BCUT2D eigenvalue weighted by molar-refractivity contribution is 6.29. The third-order valence-electron chi connectivity index (χ3n) is 11.5. The first-order valence-corrected chi connectivity index (χ1v) is 18.5. The quantitative estimate of drug-likeness (QED) is 0.171. The van der Waals surface area contributed by atoms with Gasteiger partial charge in [0, 0.05) is 38.0 Å². The highest BCUT2D eigenvalue weighted by Crippen LogP contribution is 2.47. The first kappa shape index (κ1) is 30.4. The smallest absolute Gasteiger partial charge is 0.234 e. The Bertz CT molecular complexity index is 3680. The molecule has 56 heavy (non-hydrogen) atoms. The van der Waals surface area contributed by atoms with Gasteiger partial charge in [-0.05, 0) is 72.8 Å². The highest BCUT2D eigenvalue weighted by Gasteiger charge is 2.25. The van der Waals surface area contributed by atoms with Crippen molar-refractivity contribution in [1.82, 2.24) is 13.7 Å². The zero-order valence-corrected chi connectivity index (χ0v) is 29.7. The lowest BCUT2D eigenvalue weighted by Gasteiger charge is -2.16. The Morgan fingerprint density at radius 2 is 0.875 bits per heavy atom. The molecule has 8 aromatic carbocycles. The maximum atomic E-state index is 10.5. The second kappa shape index (κ2) is 11.2. The largest absolute Gasteiger partial charge is 0.455 e. The van der Waals surface area contributed by atoms with Crippen molar-refractivity contribution in [3.8, 4) is 23.1 Å². The fourth-order valence-corrected chi connectivity index (χ4v) is 9.22. The van der Waals surface area contributed by atoms with E-state index in [2.05, 4.69) is 134 Å². The molecule has 4 heterocycles. The van der Waals surface area contributed by atoms with Crippen molar-refractivity contribution < 1.29 is 4.42 Å². The summed E-state index contributed by atoms with van der Waals surface area (Å²) in [7, 11) is 0. The van der Waals surface area contributed by atoms with E-state index in [1.54, 1.807) is 0 Å². The summed E-state index contributed by atoms with van der Waals surface area (Å²) in [5.41, 5.74) is 10.9. The van der Waals surface area contributed by atoms with Crippen LogP contribution in [-0.4, -0.2) is 13.7 Å². The van der Waals surface area contributed by atoms with Gasteiger partial charge in [-0.1, -0.05) is 91.0 Å². The molecule has 0 spiro atoms. The number of furan rings is 1. The maximum absolute atomic E-state index is 10.5. The normalized spacial score (nSPS) is 11.9. The molecule has 6 nitrogen and oxygen atoms in total. The van der Waals surface area contributed by atoms with Crippen molar-refractivity contribution in [2.75, 3.05) is 0 Å². The molecular weight excluding hydrogens is 687 g/mol. The number of nitrogens with zero attached hydrogens (tertiary/aromatic N) is 5. The summed E-state index contributed by atoms with van der Waals surface area (Å²) in [4.78, 5) is 4.25. The van der Waals surface area contributed by atoms with Gasteiger partial charge in [-0.15, -0.1) is 0 Å². The van der Waals surface area contributed by atoms with Crippen molar-refractivity contribution in [2.45, 2.75) is 0 Å². The van der Waals surface area contributed by atoms with E-state index in [0.29, 0.717) is 22.6 Å². The van der Waals surface area contributed by atoms with Crippen LogP contribution in [-0.2, 0) is 0 Å². The van der Waals surface area contributed by atoms with E-state index in [1.165, 1.54) is 0 Å². The van der Waals surface area contributed by atoms with E-state index in [9.17, 15) is 5.26 Å². The van der Waals surface area contributed by atoms with E-state index in [-0.39, 0.29) is 0 Å². The number of rotatable bonds is 3. The van der Waals surface area contributed by atoms with Crippen molar-refractivity contribution in [3.63, 3.8) is 0 Å². The number of fused-ring (bicyclic) bond motifs is 14. The fourth-order valence-electron chi connectivity index (χ4n) is 9.22. The molecule has 0 N–H and O–H groups in total. The van der Waals surface area contributed by atoms with E-state index < -0.39 is 0 Å². The molecule has 0 fully saturated rings. The van der Waals surface area contributed by atoms with Gasteiger partial charge >= 0.3 is 0 Å². The monoisotopic (exact) mass is 713 g/mol. The minimum Gasteiger partial charge on any atom is -0.455 e. The number of hydrogen-bond donors (Lipinski definition) is 0. The van der Waals surface area contributed by atoms with E-state index in [1.807, 2.05) is 54.6 Å². The molecule has 0 aliphatic carbocycles. The van der Waals surface area contributed by atoms with E-state index >= 15 is 0 Å². The molecule has 0 aliphatic rings. The molecule has 258 valence electrons. The van der Waals surface area contributed by atoms with Crippen LogP contribution >= 0.6 is 0 Å². The lowest BCUT2D eigenvalue weighted by molar-refractivity contribution is 0.677.